The fourth-order valence-corrected chi connectivity index (χ4v) is 3.94. The summed E-state index contributed by atoms with van der Waals surface area (Å²) in [5.74, 6) is 0.573. The first kappa shape index (κ1) is 20.1. The van der Waals surface area contributed by atoms with Crippen LogP contribution in [0.1, 0.15) is 47.3 Å². The number of nitrogens with zero attached hydrogens (tertiary/aromatic N) is 3. The van der Waals surface area contributed by atoms with E-state index in [2.05, 4.69) is 33.4 Å². The molecule has 0 aliphatic carbocycles. The van der Waals surface area contributed by atoms with Crippen LogP contribution in [0.4, 0.5) is 0 Å². The van der Waals surface area contributed by atoms with Gasteiger partial charge in [0.25, 0.3) is 5.56 Å². The molecule has 0 aliphatic heterocycles. The number of benzene rings is 1. The van der Waals surface area contributed by atoms with Gasteiger partial charge in [-0.1, -0.05) is 25.1 Å². The number of unbranched alkanes of at least 4 members (excludes halogenated alkanes) is 1. The summed E-state index contributed by atoms with van der Waals surface area (Å²) in [6, 6.07) is 4.74. The number of aromatic nitrogens is 4. The van der Waals surface area contributed by atoms with Gasteiger partial charge in [-0.2, -0.15) is 0 Å². The predicted molar refractivity (Wildman–Crippen MR) is 110 cm³/mol. The van der Waals surface area contributed by atoms with E-state index in [1.807, 2.05) is 6.92 Å². The van der Waals surface area contributed by atoms with Gasteiger partial charge in [0.1, 0.15) is 5.82 Å². The Hall–Kier alpha value is -2.61. The average Bonchev–Trinajstić information content (AvgIpc) is 2.97. The average molecular weight is 401 g/mol. The maximum atomic E-state index is 12.4. The van der Waals surface area contributed by atoms with Gasteiger partial charge >= 0.3 is 5.97 Å². The largest absolute Gasteiger partial charge is 0.465 e. The molecule has 7 nitrogen and oxygen atoms in total. The Morgan fingerprint density at radius 1 is 1.29 bits per heavy atom. The van der Waals surface area contributed by atoms with Crippen molar-refractivity contribution in [3.8, 4) is 0 Å². The number of imidazole rings is 1. The third-order valence-corrected chi connectivity index (χ3v) is 5.66. The molecule has 0 unspecified atom stereocenters. The number of esters is 1. The first-order valence-corrected chi connectivity index (χ1v) is 10.2. The summed E-state index contributed by atoms with van der Waals surface area (Å²) in [4.78, 5) is 36.1. The number of H-pyrrole nitrogens is 1. The second-order valence-electron chi connectivity index (χ2n) is 6.60. The molecule has 0 spiro atoms. The van der Waals surface area contributed by atoms with Crippen LogP contribution >= 0.6 is 11.8 Å². The molecule has 3 aromatic rings. The minimum atomic E-state index is -0.455. The van der Waals surface area contributed by atoms with Crippen LogP contribution in [0.3, 0.4) is 0 Å². The van der Waals surface area contributed by atoms with E-state index < -0.39 is 5.97 Å². The molecule has 28 heavy (non-hydrogen) atoms. The molecule has 0 radical (unpaired) electrons. The summed E-state index contributed by atoms with van der Waals surface area (Å²) in [7, 11) is 1.32. The van der Waals surface area contributed by atoms with Crippen molar-refractivity contribution in [2.24, 2.45) is 0 Å². The fourth-order valence-electron chi connectivity index (χ4n) is 2.95. The summed E-state index contributed by atoms with van der Waals surface area (Å²) in [6.45, 7) is 7.17. The van der Waals surface area contributed by atoms with Crippen molar-refractivity contribution < 1.29 is 9.53 Å². The minimum absolute atomic E-state index is 0.223. The molecule has 0 atom stereocenters. The Bertz CT molecular complexity index is 1070. The summed E-state index contributed by atoms with van der Waals surface area (Å²) in [5.41, 5.74) is 2.80. The Morgan fingerprint density at radius 2 is 2.07 bits per heavy atom. The van der Waals surface area contributed by atoms with Crippen molar-refractivity contribution in [3.63, 3.8) is 0 Å². The molecule has 148 valence electrons. The van der Waals surface area contributed by atoms with E-state index in [0.717, 1.165) is 30.2 Å². The first-order chi connectivity index (χ1) is 13.4. The second kappa shape index (κ2) is 8.60. The van der Waals surface area contributed by atoms with Crippen molar-refractivity contribution in [2.45, 2.75) is 51.1 Å². The molecule has 0 saturated heterocycles. The van der Waals surface area contributed by atoms with Gasteiger partial charge in [-0.15, -0.1) is 0 Å². The molecule has 0 amide bonds. The monoisotopic (exact) mass is 400 g/mol. The highest BCUT2D eigenvalue weighted by molar-refractivity contribution is 7.98. The van der Waals surface area contributed by atoms with E-state index >= 15 is 0 Å². The zero-order valence-corrected chi connectivity index (χ0v) is 17.4. The topological polar surface area (TPSA) is 89.9 Å². The van der Waals surface area contributed by atoms with Crippen LogP contribution in [0.2, 0.25) is 0 Å². The molecular formula is C20H24N4O3S. The van der Waals surface area contributed by atoms with Gasteiger partial charge in [-0.3, -0.25) is 4.79 Å². The second-order valence-corrected chi connectivity index (χ2v) is 7.54. The lowest BCUT2D eigenvalue weighted by atomic mass is 10.1. The van der Waals surface area contributed by atoms with Gasteiger partial charge < -0.3 is 14.3 Å². The van der Waals surface area contributed by atoms with Crippen molar-refractivity contribution in [1.82, 2.24) is 19.5 Å². The van der Waals surface area contributed by atoms with Gasteiger partial charge in [0.2, 0.25) is 0 Å². The van der Waals surface area contributed by atoms with E-state index in [1.165, 1.54) is 12.8 Å². The van der Waals surface area contributed by atoms with Crippen LogP contribution in [-0.2, 0) is 17.0 Å². The van der Waals surface area contributed by atoms with E-state index in [1.54, 1.807) is 30.0 Å². The summed E-state index contributed by atoms with van der Waals surface area (Å²) in [5, 5.41) is 1.37. The number of ether oxygens (including phenoxy) is 1. The molecule has 0 fully saturated rings. The number of rotatable bonds is 7. The SMILES string of the molecule is CCCCn1c(SCc2nc3cc(C(=O)OC)ccc3c(=O)[nH]2)nc(C)c1C. The van der Waals surface area contributed by atoms with Crippen LogP contribution < -0.4 is 5.56 Å². The molecule has 1 aromatic carbocycles. The van der Waals surface area contributed by atoms with Crippen molar-refractivity contribution >= 4 is 28.6 Å². The smallest absolute Gasteiger partial charge is 0.337 e. The number of carbonyl (C=O) groups excluding carboxylic acids is 1. The number of methoxy groups -OCH3 is 1. The molecule has 8 heteroatoms. The lowest BCUT2D eigenvalue weighted by molar-refractivity contribution is 0.0601. The van der Waals surface area contributed by atoms with E-state index in [0.29, 0.717) is 28.0 Å². The maximum Gasteiger partial charge on any atom is 0.337 e. The number of carbonyl (C=O) groups is 1. The highest BCUT2D eigenvalue weighted by Gasteiger charge is 2.13. The van der Waals surface area contributed by atoms with Gasteiger partial charge in [0.05, 0.1) is 35.0 Å². The normalized spacial score (nSPS) is 11.1. The van der Waals surface area contributed by atoms with E-state index in [-0.39, 0.29) is 5.56 Å². The summed E-state index contributed by atoms with van der Waals surface area (Å²) >= 11 is 1.55. The highest BCUT2D eigenvalue weighted by Crippen LogP contribution is 2.24. The van der Waals surface area contributed by atoms with Crippen LogP contribution in [0.5, 0.6) is 0 Å². The highest BCUT2D eigenvalue weighted by atomic mass is 32.2. The van der Waals surface area contributed by atoms with Gasteiger partial charge in [0.15, 0.2) is 5.16 Å². The van der Waals surface area contributed by atoms with Crippen molar-refractivity contribution in [1.29, 1.82) is 0 Å². The number of hydrogen-bond acceptors (Lipinski definition) is 6. The predicted octanol–water partition coefficient (Wildman–Crippen LogP) is 3.62. The first-order valence-electron chi connectivity index (χ1n) is 9.22. The number of fused-ring (bicyclic) bond motifs is 1. The quantitative estimate of drug-likeness (QED) is 0.481. The Labute approximate surface area is 167 Å². The Balaban J connectivity index is 1.88. The zero-order chi connectivity index (χ0) is 20.3. The molecule has 3 rings (SSSR count). The fraction of sp³-hybridized carbons (Fsp3) is 0.400. The third kappa shape index (κ3) is 4.11. The molecule has 2 aromatic heterocycles. The van der Waals surface area contributed by atoms with Crippen molar-refractivity contribution in [3.05, 3.63) is 51.3 Å². The van der Waals surface area contributed by atoms with Gasteiger partial charge in [0, 0.05) is 12.2 Å². The standard InChI is InChI=1S/C20H24N4O3S/c1-5-6-9-24-13(3)12(2)21-20(24)28-11-17-22-16-10-14(19(26)27-4)7-8-15(16)18(25)23-17/h7-8,10H,5-6,9,11H2,1-4H3,(H,22,23,25). The van der Waals surface area contributed by atoms with Gasteiger partial charge in [-0.05, 0) is 38.5 Å². The number of aromatic amines is 1. The third-order valence-electron chi connectivity index (χ3n) is 4.67. The van der Waals surface area contributed by atoms with Gasteiger partial charge in [-0.25, -0.2) is 14.8 Å². The minimum Gasteiger partial charge on any atom is -0.465 e. The molecule has 0 aliphatic rings. The molecule has 0 saturated carbocycles. The number of hydrogen-bond donors (Lipinski definition) is 1. The van der Waals surface area contributed by atoms with Crippen LogP contribution in [0.25, 0.3) is 10.9 Å². The lowest BCUT2D eigenvalue weighted by Gasteiger charge is -2.09. The number of thioether (sulfide) groups is 1. The van der Waals surface area contributed by atoms with Crippen LogP contribution in [-0.4, -0.2) is 32.6 Å². The molecular weight excluding hydrogens is 376 g/mol. The van der Waals surface area contributed by atoms with Crippen LogP contribution in [0.15, 0.2) is 28.2 Å². The summed E-state index contributed by atoms with van der Waals surface area (Å²) in [6.07, 6.45) is 2.20. The van der Waals surface area contributed by atoms with E-state index in [4.69, 9.17) is 4.74 Å². The number of aryl methyl sites for hydroxylation is 1. The maximum absolute atomic E-state index is 12.4. The number of nitrogens with one attached hydrogen (secondary N) is 1. The molecule has 2 heterocycles. The molecule has 1 N–H and O–H groups in total. The lowest BCUT2D eigenvalue weighted by Crippen LogP contribution is -2.12. The summed E-state index contributed by atoms with van der Waals surface area (Å²) < 4.78 is 6.96. The van der Waals surface area contributed by atoms with Crippen LogP contribution in [0, 0.1) is 13.8 Å². The van der Waals surface area contributed by atoms with Crippen molar-refractivity contribution in [2.75, 3.05) is 7.11 Å². The van der Waals surface area contributed by atoms with E-state index in [9.17, 15) is 9.59 Å². The Morgan fingerprint density at radius 3 is 2.79 bits per heavy atom. The zero-order valence-electron chi connectivity index (χ0n) is 16.5. The molecule has 0 bridgehead atoms. The Kier molecular flexibility index (Phi) is 6.18.